The zero-order valence-electron chi connectivity index (χ0n) is 17.0. The molecule has 0 unspecified atom stereocenters. The van der Waals surface area contributed by atoms with Gasteiger partial charge in [-0.15, -0.1) is 0 Å². The summed E-state index contributed by atoms with van der Waals surface area (Å²) in [5.41, 5.74) is 0.828. The number of anilines is 1. The van der Waals surface area contributed by atoms with Crippen LogP contribution in [0.25, 0.3) is 10.9 Å². The maximum atomic E-state index is 13.3. The van der Waals surface area contributed by atoms with Crippen molar-refractivity contribution >= 4 is 51.8 Å². The van der Waals surface area contributed by atoms with Crippen LogP contribution in [0.1, 0.15) is 52.9 Å². The van der Waals surface area contributed by atoms with Gasteiger partial charge in [0.1, 0.15) is 12.3 Å². The van der Waals surface area contributed by atoms with Crippen molar-refractivity contribution in [1.82, 2.24) is 4.98 Å². The van der Waals surface area contributed by atoms with Gasteiger partial charge in [0, 0.05) is 29.8 Å². The minimum absolute atomic E-state index is 0.0305. The highest BCUT2D eigenvalue weighted by molar-refractivity contribution is 6.32. The molecule has 0 bridgehead atoms. The van der Waals surface area contributed by atoms with Gasteiger partial charge in [-0.1, -0.05) is 11.6 Å². The van der Waals surface area contributed by atoms with Crippen LogP contribution >= 0.6 is 11.6 Å². The summed E-state index contributed by atoms with van der Waals surface area (Å²) in [6, 6.07) is 4.41. The van der Waals surface area contributed by atoms with Crippen LogP contribution in [0, 0.1) is 0 Å². The van der Waals surface area contributed by atoms with E-state index in [0.29, 0.717) is 11.1 Å². The average Bonchev–Trinajstić information content (AvgIpc) is 3.30. The van der Waals surface area contributed by atoms with E-state index in [4.69, 9.17) is 25.5 Å². The number of H-pyrrole nitrogens is 1. The van der Waals surface area contributed by atoms with Gasteiger partial charge in [0.05, 0.1) is 29.6 Å². The van der Waals surface area contributed by atoms with E-state index in [1.807, 2.05) is 0 Å². The maximum Gasteiger partial charge on any atom is 0.338 e. The normalized spacial score (nSPS) is 10.7. The molecule has 2 N–H and O–H groups in total. The summed E-state index contributed by atoms with van der Waals surface area (Å²) in [6.45, 7) is 4.13. The van der Waals surface area contributed by atoms with Crippen molar-refractivity contribution < 1.29 is 33.1 Å². The van der Waals surface area contributed by atoms with Gasteiger partial charge in [-0.2, -0.15) is 0 Å². The molecular formula is C21H19ClN2O7. The molecule has 1 aromatic carbocycles. The molecular weight excluding hydrogens is 428 g/mol. The largest absolute Gasteiger partial charge is 0.462 e. The Morgan fingerprint density at radius 2 is 1.90 bits per heavy atom. The Morgan fingerprint density at radius 3 is 2.55 bits per heavy atom. The Kier molecular flexibility index (Phi) is 6.45. The molecule has 162 valence electrons. The fraction of sp³-hybridized carbons (Fsp3) is 0.238. The predicted octanol–water partition coefficient (Wildman–Crippen LogP) is 3.84. The molecule has 0 aliphatic carbocycles. The number of ketones is 1. The molecule has 3 rings (SSSR count). The number of hydrogen-bond acceptors (Lipinski definition) is 7. The SMILES string of the molecule is CCOC(=O)c1cc(Cl)cc2[nH]c(C(=O)c3occc3COC(C)=O)c(NC(C)=O)c12. The molecule has 0 fully saturated rings. The molecule has 9 nitrogen and oxygen atoms in total. The summed E-state index contributed by atoms with van der Waals surface area (Å²) in [7, 11) is 0. The Bertz CT molecular complexity index is 1190. The summed E-state index contributed by atoms with van der Waals surface area (Å²) in [6.07, 6.45) is 1.29. The van der Waals surface area contributed by atoms with E-state index < -0.39 is 23.6 Å². The van der Waals surface area contributed by atoms with Gasteiger partial charge >= 0.3 is 11.9 Å². The first-order valence-corrected chi connectivity index (χ1v) is 9.65. The van der Waals surface area contributed by atoms with Crippen molar-refractivity contribution in [2.75, 3.05) is 11.9 Å². The number of ether oxygens (including phenoxy) is 2. The molecule has 0 saturated carbocycles. The van der Waals surface area contributed by atoms with Crippen LogP contribution in [0.5, 0.6) is 0 Å². The highest BCUT2D eigenvalue weighted by Crippen LogP contribution is 2.35. The van der Waals surface area contributed by atoms with Crippen molar-refractivity contribution in [3.05, 3.63) is 52.1 Å². The highest BCUT2D eigenvalue weighted by atomic mass is 35.5. The van der Waals surface area contributed by atoms with E-state index in [1.54, 1.807) is 6.92 Å². The standard InChI is InChI=1S/C21H19ClN2O7/c1-4-29-21(28)14-7-13(22)8-15-16(14)17(23-10(2)25)18(24-15)19(27)20-12(5-6-30-20)9-31-11(3)26/h5-8,24H,4,9H2,1-3H3,(H,23,25). The number of rotatable bonds is 7. The number of hydrogen-bond donors (Lipinski definition) is 2. The van der Waals surface area contributed by atoms with Crippen LogP contribution < -0.4 is 5.32 Å². The lowest BCUT2D eigenvalue weighted by Gasteiger charge is -2.08. The van der Waals surface area contributed by atoms with E-state index in [-0.39, 0.29) is 46.3 Å². The summed E-state index contributed by atoms with van der Waals surface area (Å²) in [5.74, 6) is -2.33. The predicted molar refractivity (Wildman–Crippen MR) is 111 cm³/mol. The number of amides is 1. The summed E-state index contributed by atoms with van der Waals surface area (Å²) in [4.78, 5) is 51.7. The van der Waals surface area contributed by atoms with Gasteiger partial charge in [0.25, 0.3) is 0 Å². The van der Waals surface area contributed by atoms with E-state index >= 15 is 0 Å². The van der Waals surface area contributed by atoms with Crippen molar-refractivity contribution in [3.8, 4) is 0 Å². The van der Waals surface area contributed by atoms with E-state index in [0.717, 1.165) is 0 Å². The first kappa shape index (κ1) is 22.1. The zero-order valence-corrected chi connectivity index (χ0v) is 17.7. The Labute approximate surface area is 181 Å². The van der Waals surface area contributed by atoms with Crippen LogP contribution in [0.2, 0.25) is 5.02 Å². The van der Waals surface area contributed by atoms with Gasteiger partial charge in [-0.05, 0) is 25.1 Å². The molecule has 0 radical (unpaired) electrons. The van der Waals surface area contributed by atoms with Gasteiger partial charge in [0.2, 0.25) is 11.7 Å². The van der Waals surface area contributed by atoms with Crippen LogP contribution in [0.15, 0.2) is 28.9 Å². The number of aromatic amines is 1. The minimum Gasteiger partial charge on any atom is -0.462 e. The lowest BCUT2D eigenvalue weighted by atomic mass is 10.1. The van der Waals surface area contributed by atoms with Crippen molar-refractivity contribution in [1.29, 1.82) is 0 Å². The third-order valence-electron chi connectivity index (χ3n) is 4.27. The number of furan rings is 1. The molecule has 2 heterocycles. The molecule has 3 aromatic rings. The molecule has 1 amide bonds. The Balaban J connectivity index is 2.19. The summed E-state index contributed by atoms with van der Waals surface area (Å²) >= 11 is 6.14. The van der Waals surface area contributed by atoms with Crippen LogP contribution in [0.4, 0.5) is 5.69 Å². The number of carbonyl (C=O) groups is 4. The van der Waals surface area contributed by atoms with Gasteiger partial charge < -0.3 is 24.2 Å². The Morgan fingerprint density at radius 1 is 1.16 bits per heavy atom. The van der Waals surface area contributed by atoms with Gasteiger partial charge in [0.15, 0.2) is 5.76 Å². The number of aromatic nitrogens is 1. The van der Waals surface area contributed by atoms with Gasteiger partial charge in [-0.25, -0.2) is 4.79 Å². The first-order chi connectivity index (χ1) is 14.7. The van der Waals surface area contributed by atoms with Gasteiger partial charge in [-0.3, -0.25) is 14.4 Å². The summed E-state index contributed by atoms with van der Waals surface area (Å²) < 4.78 is 15.4. The lowest BCUT2D eigenvalue weighted by Crippen LogP contribution is -2.13. The van der Waals surface area contributed by atoms with Crippen LogP contribution in [0.3, 0.4) is 0 Å². The second kappa shape index (κ2) is 9.05. The highest BCUT2D eigenvalue weighted by Gasteiger charge is 2.28. The Hall–Kier alpha value is -3.59. The quantitative estimate of drug-likeness (QED) is 0.416. The smallest absolute Gasteiger partial charge is 0.338 e. The van der Waals surface area contributed by atoms with Crippen molar-refractivity contribution in [3.63, 3.8) is 0 Å². The van der Waals surface area contributed by atoms with Crippen LogP contribution in [-0.4, -0.2) is 35.2 Å². The molecule has 0 aliphatic rings. The zero-order chi connectivity index (χ0) is 22.7. The second-order valence-corrected chi connectivity index (χ2v) is 6.97. The molecule has 10 heteroatoms. The fourth-order valence-electron chi connectivity index (χ4n) is 3.08. The number of nitrogens with one attached hydrogen (secondary N) is 2. The number of carbonyl (C=O) groups excluding carboxylic acids is 4. The van der Waals surface area contributed by atoms with Crippen LogP contribution in [-0.2, 0) is 25.7 Å². The van der Waals surface area contributed by atoms with Crippen molar-refractivity contribution in [2.24, 2.45) is 0 Å². The third-order valence-corrected chi connectivity index (χ3v) is 4.49. The number of fused-ring (bicyclic) bond motifs is 1. The molecule has 0 spiro atoms. The molecule has 0 saturated heterocycles. The molecule has 31 heavy (non-hydrogen) atoms. The lowest BCUT2D eigenvalue weighted by molar-refractivity contribution is -0.142. The van der Waals surface area contributed by atoms with E-state index in [2.05, 4.69) is 10.3 Å². The molecule has 0 atom stereocenters. The van der Waals surface area contributed by atoms with E-state index in [9.17, 15) is 19.2 Å². The molecule has 0 aliphatic heterocycles. The number of halogens is 1. The summed E-state index contributed by atoms with van der Waals surface area (Å²) in [5, 5.41) is 3.10. The number of benzene rings is 1. The maximum absolute atomic E-state index is 13.3. The molecule has 2 aromatic heterocycles. The fourth-order valence-corrected chi connectivity index (χ4v) is 3.30. The topological polar surface area (TPSA) is 128 Å². The first-order valence-electron chi connectivity index (χ1n) is 9.27. The minimum atomic E-state index is -0.659. The average molecular weight is 447 g/mol. The number of esters is 2. The third kappa shape index (κ3) is 4.61. The monoisotopic (exact) mass is 446 g/mol. The second-order valence-electron chi connectivity index (χ2n) is 6.54. The van der Waals surface area contributed by atoms with E-state index in [1.165, 1.54) is 38.3 Å². The van der Waals surface area contributed by atoms with Crippen molar-refractivity contribution in [2.45, 2.75) is 27.4 Å².